The third kappa shape index (κ3) is 3.04. The van der Waals surface area contributed by atoms with Gasteiger partial charge >= 0.3 is 0 Å². The predicted molar refractivity (Wildman–Crippen MR) is 76.0 cm³/mol. The van der Waals surface area contributed by atoms with E-state index in [4.69, 9.17) is 0 Å². The molecule has 2 heterocycles. The lowest BCUT2D eigenvalue weighted by Crippen LogP contribution is -1.99. The standard InChI is InChI=1S/C12H17N3S2/c1-3-5-6-13-12-15-10(7-16-12)11-9(4-2)14-8-17-11/h7-8H,3-6H2,1-2H3,(H,13,15). The average Bonchev–Trinajstić information content (AvgIpc) is 2.96. The normalized spacial score (nSPS) is 10.7. The summed E-state index contributed by atoms with van der Waals surface area (Å²) in [5, 5.41) is 6.49. The summed E-state index contributed by atoms with van der Waals surface area (Å²) in [4.78, 5) is 10.2. The molecule has 0 aromatic carbocycles. The summed E-state index contributed by atoms with van der Waals surface area (Å²) in [6.07, 6.45) is 3.37. The van der Waals surface area contributed by atoms with Crippen LogP contribution >= 0.6 is 22.7 Å². The number of hydrogen-bond donors (Lipinski definition) is 1. The van der Waals surface area contributed by atoms with Gasteiger partial charge in [-0.05, 0) is 12.8 Å². The minimum Gasteiger partial charge on any atom is -0.362 e. The SMILES string of the molecule is CCCCNc1nc(-c2scnc2CC)cs1. The first-order valence-electron chi connectivity index (χ1n) is 5.97. The van der Waals surface area contributed by atoms with E-state index in [9.17, 15) is 0 Å². The summed E-state index contributed by atoms with van der Waals surface area (Å²) in [6.45, 7) is 5.33. The summed E-state index contributed by atoms with van der Waals surface area (Å²) in [6, 6.07) is 0. The van der Waals surface area contributed by atoms with E-state index >= 15 is 0 Å². The Kier molecular flexibility index (Phi) is 4.50. The first kappa shape index (κ1) is 12.5. The molecule has 0 aliphatic heterocycles. The Hall–Kier alpha value is -0.940. The molecular weight excluding hydrogens is 250 g/mol. The number of anilines is 1. The van der Waals surface area contributed by atoms with Crippen molar-refractivity contribution in [3.05, 3.63) is 16.6 Å². The van der Waals surface area contributed by atoms with Gasteiger partial charge in [0.05, 0.1) is 21.8 Å². The number of aryl methyl sites for hydroxylation is 1. The summed E-state index contributed by atoms with van der Waals surface area (Å²) in [7, 11) is 0. The van der Waals surface area contributed by atoms with Crippen LogP contribution in [-0.2, 0) is 6.42 Å². The number of rotatable bonds is 6. The van der Waals surface area contributed by atoms with E-state index in [1.54, 1.807) is 22.7 Å². The lowest BCUT2D eigenvalue weighted by molar-refractivity contribution is 0.833. The molecule has 0 fully saturated rings. The summed E-state index contributed by atoms with van der Waals surface area (Å²) in [5.74, 6) is 0. The highest BCUT2D eigenvalue weighted by Gasteiger charge is 2.10. The van der Waals surface area contributed by atoms with E-state index < -0.39 is 0 Å². The second kappa shape index (κ2) is 6.12. The van der Waals surface area contributed by atoms with Gasteiger partial charge in [-0.3, -0.25) is 0 Å². The Morgan fingerprint density at radius 2 is 2.18 bits per heavy atom. The topological polar surface area (TPSA) is 37.8 Å². The van der Waals surface area contributed by atoms with Gasteiger partial charge in [-0.1, -0.05) is 20.3 Å². The Bertz CT molecular complexity index is 462. The maximum absolute atomic E-state index is 4.61. The van der Waals surface area contributed by atoms with Gasteiger partial charge < -0.3 is 5.32 Å². The Labute approximate surface area is 110 Å². The molecule has 0 amide bonds. The summed E-state index contributed by atoms with van der Waals surface area (Å²) < 4.78 is 0. The zero-order valence-electron chi connectivity index (χ0n) is 10.2. The maximum atomic E-state index is 4.61. The van der Waals surface area contributed by atoms with Crippen molar-refractivity contribution < 1.29 is 0 Å². The fourth-order valence-electron chi connectivity index (χ4n) is 1.56. The van der Waals surface area contributed by atoms with E-state index in [-0.39, 0.29) is 0 Å². The molecule has 0 unspecified atom stereocenters. The number of nitrogens with one attached hydrogen (secondary N) is 1. The van der Waals surface area contributed by atoms with Crippen LogP contribution in [0.2, 0.25) is 0 Å². The lowest BCUT2D eigenvalue weighted by atomic mass is 10.2. The van der Waals surface area contributed by atoms with Crippen LogP contribution in [0.3, 0.4) is 0 Å². The molecule has 2 rings (SSSR count). The van der Waals surface area contributed by atoms with Crippen molar-refractivity contribution >= 4 is 27.8 Å². The summed E-state index contributed by atoms with van der Waals surface area (Å²) in [5.41, 5.74) is 4.12. The molecule has 1 N–H and O–H groups in total. The zero-order chi connectivity index (χ0) is 12.1. The van der Waals surface area contributed by atoms with Crippen LogP contribution in [0.1, 0.15) is 32.4 Å². The van der Waals surface area contributed by atoms with Gasteiger partial charge in [-0.15, -0.1) is 22.7 Å². The van der Waals surface area contributed by atoms with E-state index in [2.05, 4.69) is 34.5 Å². The Morgan fingerprint density at radius 3 is 2.94 bits per heavy atom. The van der Waals surface area contributed by atoms with Crippen LogP contribution in [0, 0.1) is 0 Å². The number of hydrogen-bond acceptors (Lipinski definition) is 5. The Morgan fingerprint density at radius 1 is 1.29 bits per heavy atom. The van der Waals surface area contributed by atoms with Gasteiger partial charge in [0, 0.05) is 11.9 Å². The molecule has 0 radical (unpaired) electrons. The van der Waals surface area contributed by atoms with Gasteiger partial charge in [-0.25, -0.2) is 9.97 Å². The highest BCUT2D eigenvalue weighted by Crippen LogP contribution is 2.30. The molecule has 0 atom stereocenters. The van der Waals surface area contributed by atoms with Crippen LogP contribution in [0.4, 0.5) is 5.13 Å². The van der Waals surface area contributed by atoms with E-state index in [1.807, 2.05) is 5.51 Å². The van der Waals surface area contributed by atoms with Crippen LogP contribution in [-0.4, -0.2) is 16.5 Å². The molecule has 5 heteroatoms. The molecule has 0 saturated heterocycles. The fraction of sp³-hybridized carbons (Fsp3) is 0.500. The zero-order valence-corrected chi connectivity index (χ0v) is 11.8. The highest BCUT2D eigenvalue weighted by molar-refractivity contribution is 7.15. The third-order valence-corrected chi connectivity index (χ3v) is 4.21. The molecule has 0 spiro atoms. The molecule has 3 nitrogen and oxygen atoms in total. The smallest absolute Gasteiger partial charge is 0.183 e. The molecule has 2 aromatic heterocycles. The third-order valence-electron chi connectivity index (χ3n) is 2.52. The molecule has 17 heavy (non-hydrogen) atoms. The first-order valence-corrected chi connectivity index (χ1v) is 7.73. The van der Waals surface area contributed by atoms with Crippen molar-refractivity contribution in [3.8, 4) is 10.6 Å². The fourth-order valence-corrected chi connectivity index (χ4v) is 3.21. The minimum atomic E-state index is 0.967. The number of thiazole rings is 2. The van der Waals surface area contributed by atoms with Crippen molar-refractivity contribution in [1.82, 2.24) is 9.97 Å². The van der Waals surface area contributed by atoms with Crippen LogP contribution < -0.4 is 5.32 Å². The molecule has 0 saturated carbocycles. The van der Waals surface area contributed by atoms with Crippen molar-refractivity contribution in [1.29, 1.82) is 0 Å². The van der Waals surface area contributed by atoms with E-state index in [0.29, 0.717) is 0 Å². The monoisotopic (exact) mass is 267 g/mol. The Balaban J connectivity index is 2.07. The maximum Gasteiger partial charge on any atom is 0.183 e. The number of nitrogens with zero attached hydrogens (tertiary/aromatic N) is 2. The van der Waals surface area contributed by atoms with Crippen LogP contribution in [0.25, 0.3) is 10.6 Å². The summed E-state index contributed by atoms with van der Waals surface area (Å²) >= 11 is 3.35. The van der Waals surface area contributed by atoms with Crippen molar-refractivity contribution in [2.75, 3.05) is 11.9 Å². The van der Waals surface area contributed by atoms with Crippen LogP contribution in [0.15, 0.2) is 10.9 Å². The molecule has 92 valence electrons. The number of aromatic nitrogens is 2. The molecule has 0 aliphatic carbocycles. The van der Waals surface area contributed by atoms with Gasteiger partial charge in [0.25, 0.3) is 0 Å². The molecule has 2 aromatic rings. The van der Waals surface area contributed by atoms with E-state index in [0.717, 1.165) is 29.5 Å². The molecule has 0 bridgehead atoms. The van der Waals surface area contributed by atoms with Crippen molar-refractivity contribution in [2.24, 2.45) is 0 Å². The van der Waals surface area contributed by atoms with Crippen molar-refractivity contribution in [2.45, 2.75) is 33.1 Å². The molecule has 0 aliphatic rings. The predicted octanol–water partition coefficient (Wildman–Crippen LogP) is 4.04. The number of unbranched alkanes of at least 4 members (excludes halogenated alkanes) is 1. The average molecular weight is 267 g/mol. The second-order valence-corrected chi connectivity index (χ2v) is 5.51. The van der Waals surface area contributed by atoms with Crippen LogP contribution in [0.5, 0.6) is 0 Å². The molecular formula is C12H17N3S2. The minimum absolute atomic E-state index is 0.967. The van der Waals surface area contributed by atoms with Gasteiger partial charge in [0.1, 0.15) is 0 Å². The van der Waals surface area contributed by atoms with E-state index in [1.165, 1.54) is 17.7 Å². The van der Waals surface area contributed by atoms with Crippen molar-refractivity contribution in [3.63, 3.8) is 0 Å². The van der Waals surface area contributed by atoms with Gasteiger partial charge in [-0.2, -0.15) is 0 Å². The van der Waals surface area contributed by atoms with Gasteiger partial charge in [0.2, 0.25) is 0 Å². The second-order valence-electron chi connectivity index (χ2n) is 3.80. The quantitative estimate of drug-likeness (QED) is 0.803. The lowest BCUT2D eigenvalue weighted by Gasteiger charge is -1.99. The largest absolute Gasteiger partial charge is 0.362 e. The highest BCUT2D eigenvalue weighted by atomic mass is 32.1. The van der Waals surface area contributed by atoms with Gasteiger partial charge in [0.15, 0.2) is 5.13 Å². The first-order chi connectivity index (χ1) is 8.35.